The predicted octanol–water partition coefficient (Wildman–Crippen LogP) is 4.52. The number of carbonyl (C=O) groups excluding carboxylic acids is 1. The van der Waals surface area contributed by atoms with E-state index >= 15 is 0 Å². The number of ether oxygens (including phenoxy) is 1. The predicted molar refractivity (Wildman–Crippen MR) is 78.3 cm³/mol. The molecular weight excluding hydrogens is 349 g/mol. The van der Waals surface area contributed by atoms with Gasteiger partial charge in [-0.2, -0.15) is 18.3 Å². The van der Waals surface area contributed by atoms with Crippen molar-refractivity contribution in [1.82, 2.24) is 9.78 Å². The maximum atomic E-state index is 13.8. The van der Waals surface area contributed by atoms with Gasteiger partial charge in [0.15, 0.2) is 11.5 Å². The van der Waals surface area contributed by atoms with Crippen molar-refractivity contribution < 1.29 is 31.5 Å². The molecule has 2 rings (SSSR count). The summed E-state index contributed by atoms with van der Waals surface area (Å²) in [5, 5.41) is 5.39. The van der Waals surface area contributed by atoms with Gasteiger partial charge in [-0.05, 0) is 32.9 Å². The molecule has 0 fully saturated rings. The van der Waals surface area contributed by atoms with Crippen LogP contribution in [-0.4, -0.2) is 21.5 Å². The van der Waals surface area contributed by atoms with E-state index in [1.165, 1.54) is 20.8 Å². The van der Waals surface area contributed by atoms with Crippen molar-refractivity contribution in [2.45, 2.75) is 32.5 Å². The third-order valence-electron chi connectivity index (χ3n) is 2.81. The van der Waals surface area contributed by atoms with Crippen molar-refractivity contribution in [2.75, 3.05) is 5.32 Å². The van der Waals surface area contributed by atoms with Crippen LogP contribution in [0.2, 0.25) is 0 Å². The third-order valence-corrected chi connectivity index (χ3v) is 2.81. The molecule has 0 unspecified atom stereocenters. The molecule has 0 saturated carbocycles. The van der Waals surface area contributed by atoms with Crippen LogP contribution < -0.4 is 5.32 Å². The Morgan fingerprint density at radius 3 is 2.36 bits per heavy atom. The molecule has 0 bridgehead atoms. The van der Waals surface area contributed by atoms with Gasteiger partial charge in [0, 0.05) is 6.07 Å². The lowest BCUT2D eigenvalue weighted by molar-refractivity contribution is -0.142. The van der Waals surface area contributed by atoms with Crippen LogP contribution in [0.1, 0.15) is 26.5 Å². The number of benzene rings is 1. The lowest BCUT2D eigenvalue weighted by atomic mass is 10.2. The van der Waals surface area contributed by atoms with Crippen LogP contribution in [0.4, 0.5) is 32.4 Å². The molecule has 2 aromatic rings. The molecule has 0 saturated heterocycles. The van der Waals surface area contributed by atoms with Gasteiger partial charge in [0.1, 0.15) is 17.1 Å². The number of nitrogens with zero attached hydrogens (tertiary/aromatic N) is 2. The van der Waals surface area contributed by atoms with Crippen molar-refractivity contribution in [3.63, 3.8) is 0 Å². The molecule has 0 aliphatic heterocycles. The Balaban J connectivity index is 2.47. The van der Waals surface area contributed by atoms with E-state index in [2.05, 4.69) is 5.10 Å². The lowest BCUT2D eigenvalue weighted by Crippen LogP contribution is -2.28. The summed E-state index contributed by atoms with van der Waals surface area (Å²) < 4.78 is 72.0. The molecule has 0 aliphatic rings. The van der Waals surface area contributed by atoms with Crippen molar-refractivity contribution in [3.8, 4) is 5.69 Å². The number of alkyl halides is 3. The van der Waals surface area contributed by atoms with Gasteiger partial charge in [-0.1, -0.05) is 0 Å². The maximum absolute atomic E-state index is 13.8. The van der Waals surface area contributed by atoms with Crippen LogP contribution >= 0.6 is 0 Å². The first-order valence-corrected chi connectivity index (χ1v) is 6.99. The molecule has 5 nitrogen and oxygen atoms in total. The number of hydrogen-bond acceptors (Lipinski definition) is 3. The average molecular weight is 363 g/mol. The van der Waals surface area contributed by atoms with Gasteiger partial charge in [0.05, 0.1) is 11.9 Å². The topological polar surface area (TPSA) is 56.1 Å². The maximum Gasteiger partial charge on any atom is 0.435 e. The first-order chi connectivity index (χ1) is 11.4. The number of anilines is 1. The molecule has 1 aromatic heterocycles. The summed E-state index contributed by atoms with van der Waals surface area (Å²) in [5.74, 6) is -2.19. The second-order valence-corrected chi connectivity index (χ2v) is 6.04. The van der Waals surface area contributed by atoms with Crippen molar-refractivity contribution in [2.24, 2.45) is 0 Å². The molecule has 0 spiro atoms. The molecule has 0 radical (unpaired) electrons. The largest absolute Gasteiger partial charge is 0.444 e. The molecule has 1 amide bonds. The number of amides is 1. The molecule has 0 atom stereocenters. The van der Waals surface area contributed by atoms with E-state index in [0.717, 1.165) is 12.1 Å². The lowest BCUT2D eigenvalue weighted by Gasteiger charge is -2.20. The number of carbonyl (C=O) groups is 1. The minimum atomic E-state index is -4.97. The van der Waals surface area contributed by atoms with Crippen LogP contribution in [-0.2, 0) is 10.9 Å². The van der Waals surface area contributed by atoms with E-state index in [-0.39, 0.29) is 4.68 Å². The number of nitrogens with one attached hydrogen (secondary N) is 1. The van der Waals surface area contributed by atoms with E-state index in [1.807, 2.05) is 5.32 Å². The quantitative estimate of drug-likeness (QED) is 0.799. The Bertz CT molecular complexity index is 793. The van der Waals surface area contributed by atoms with Gasteiger partial charge in [-0.3, -0.25) is 5.32 Å². The molecule has 136 valence electrons. The SMILES string of the molecule is CC(C)(C)OC(=O)Nc1cnn(-c2ccc(F)cc2F)c1C(F)(F)F. The van der Waals surface area contributed by atoms with Crippen LogP contribution in [0.3, 0.4) is 0 Å². The van der Waals surface area contributed by atoms with Crippen LogP contribution in [0, 0.1) is 11.6 Å². The zero-order chi connectivity index (χ0) is 19.0. The Morgan fingerprint density at radius 2 is 1.84 bits per heavy atom. The van der Waals surface area contributed by atoms with Gasteiger partial charge < -0.3 is 4.74 Å². The highest BCUT2D eigenvalue weighted by Gasteiger charge is 2.40. The van der Waals surface area contributed by atoms with Crippen molar-refractivity contribution >= 4 is 11.8 Å². The van der Waals surface area contributed by atoms with E-state index < -0.39 is 46.6 Å². The summed E-state index contributed by atoms with van der Waals surface area (Å²) in [5.41, 5.74) is -3.69. The van der Waals surface area contributed by atoms with Gasteiger partial charge in [0.2, 0.25) is 0 Å². The highest BCUT2D eigenvalue weighted by atomic mass is 19.4. The average Bonchev–Trinajstić information content (AvgIpc) is 2.79. The number of rotatable bonds is 2. The first-order valence-electron chi connectivity index (χ1n) is 6.99. The second-order valence-electron chi connectivity index (χ2n) is 6.04. The molecule has 1 N–H and O–H groups in total. The zero-order valence-electron chi connectivity index (χ0n) is 13.4. The fourth-order valence-corrected chi connectivity index (χ4v) is 1.96. The number of halogens is 5. The molecule has 25 heavy (non-hydrogen) atoms. The summed E-state index contributed by atoms with van der Waals surface area (Å²) >= 11 is 0. The third kappa shape index (κ3) is 4.46. The van der Waals surface area contributed by atoms with E-state index in [1.54, 1.807) is 0 Å². The van der Waals surface area contributed by atoms with E-state index in [0.29, 0.717) is 12.3 Å². The van der Waals surface area contributed by atoms with Gasteiger partial charge in [-0.25, -0.2) is 18.3 Å². The molecule has 1 aromatic carbocycles. The standard InChI is InChI=1S/C15H14F5N3O2/c1-14(2,3)25-13(24)22-10-7-21-23(12(10)15(18,19)20)11-5-4-8(16)6-9(11)17/h4-7H,1-3H3,(H,22,24). The minimum absolute atomic E-state index is 0.238. The first kappa shape index (κ1) is 18.7. The molecular formula is C15H14F5N3O2. The molecule has 1 heterocycles. The minimum Gasteiger partial charge on any atom is -0.444 e. The summed E-state index contributed by atoms with van der Waals surface area (Å²) in [6.07, 6.45) is -5.39. The Hall–Kier alpha value is -2.65. The number of aromatic nitrogens is 2. The Labute approximate surface area is 139 Å². The molecule has 0 aliphatic carbocycles. The van der Waals surface area contributed by atoms with Gasteiger partial charge >= 0.3 is 12.3 Å². The number of hydrogen-bond donors (Lipinski definition) is 1. The Kier molecular flexibility index (Phi) is 4.74. The van der Waals surface area contributed by atoms with Crippen LogP contribution in [0.25, 0.3) is 5.69 Å². The summed E-state index contributed by atoms with van der Waals surface area (Å²) in [7, 11) is 0. The van der Waals surface area contributed by atoms with E-state index in [4.69, 9.17) is 4.74 Å². The fraction of sp³-hybridized carbons (Fsp3) is 0.333. The highest BCUT2D eigenvalue weighted by molar-refractivity contribution is 5.85. The second kappa shape index (κ2) is 6.34. The fourth-order valence-electron chi connectivity index (χ4n) is 1.96. The zero-order valence-corrected chi connectivity index (χ0v) is 13.4. The van der Waals surface area contributed by atoms with Crippen molar-refractivity contribution in [3.05, 3.63) is 41.7 Å². The van der Waals surface area contributed by atoms with Crippen LogP contribution in [0.15, 0.2) is 24.4 Å². The Morgan fingerprint density at radius 1 is 1.20 bits per heavy atom. The molecule has 10 heteroatoms. The summed E-state index contributed by atoms with van der Waals surface area (Å²) in [6, 6.07) is 2.03. The van der Waals surface area contributed by atoms with E-state index in [9.17, 15) is 26.7 Å². The van der Waals surface area contributed by atoms with Gasteiger partial charge in [-0.15, -0.1) is 0 Å². The summed E-state index contributed by atoms with van der Waals surface area (Å²) in [6.45, 7) is 4.61. The monoisotopic (exact) mass is 363 g/mol. The van der Waals surface area contributed by atoms with Crippen molar-refractivity contribution in [1.29, 1.82) is 0 Å². The summed E-state index contributed by atoms with van der Waals surface area (Å²) in [4.78, 5) is 11.7. The smallest absolute Gasteiger partial charge is 0.435 e. The van der Waals surface area contributed by atoms with Crippen LogP contribution in [0.5, 0.6) is 0 Å². The van der Waals surface area contributed by atoms with Gasteiger partial charge in [0.25, 0.3) is 0 Å². The normalized spacial score (nSPS) is 12.2. The highest BCUT2D eigenvalue weighted by Crippen LogP contribution is 2.37.